The number of halogens is 1. The normalized spacial score (nSPS) is 15.0. The fourth-order valence-corrected chi connectivity index (χ4v) is 4.27. The van der Waals surface area contributed by atoms with Crippen LogP contribution in [0.5, 0.6) is 5.75 Å². The maximum Gasteiger partial charge on any atom is 0.277 e. The Kier molecular flexibility index (Phi) is 6.63. The van der Waals surface area contributed by atoms with Gasteiger partial charge >= 0.3 is 0 Å². The molecule has 0 N–H and O–H groups in total. The van der Waals surface area contributed by atoms with Crippen LogP contribution in [0.3, 0.4) is 0 Å². The van der Waals surface area contributed by atoms with Crippen LogP contribution < -0.4 is 4.74 Å². The van der Waals surface area contributed by atoms with E-state index in [2.05, 4.69) is 10.2 Å². The highest BCUT2D eigenvalue weighted by Gasteiger charge is 2.29. The van der Waals surface area contributed by atoms with E-state index in [0.717, 1.165) is 37.9 Å². The molecule has 3 aromatic rings. The Bertz CT molecular complexity index is 959. The third kappa shape index (κ3) is 5.18. The Morgan fingerprint density at radius 1 is 1.07 bits per heavy atom. The Hall–Kier alpha value is -2.87. The van der Waals surface area contributed by atoms with E-state index in [4.69, 9.17) is 9.15 Å². The molecule has 1 aliphatic heterocycles. The predicted molar refractivity (Wildman–Crippen MR) is 111 cm³/mol. The van der Waals surface area contributed by atoms with E-state index in [-0.39, 0.29) is 18.3 Å². The van der Waals surface area contributed by atoms with Gasteiger partial charge < -0.3 is 14.1 Å². The van der Waals surface area contributed by atoms with Crippen molar-refractivity contribution < 1.29 is 18.3 Å². The number of rotatable bonds is 7. The second-order valence-corrected chi connectivity index (χ2v) is 8.06. The Balaban J connectivity index is 1.45. The molecule has 1 aromatic heterocycles. The van der Waals surface area contributed by atoms with Gasteiger partial charge in [-0.1, -0.05) is 30.3 Å². The maximum absolute atomic E-state index is 13.2. The minimum absolute atomic E-state index is 0.0632. The molecule has 0 spiro atoms. The van der Waals surface area contributed by atoms with Gasteiger partial charge in [-0.15, -0.1) is 10.2 Å². The molecule has 1 aliphatic rings. The van der Waals surface area contributed by atoms with Gasteiger partial charge in [0.1, 0.15) is 16.8 Å². The zero-order chi connectivity index (χ0) is 20.8. The number of hydrogen-bond donors (Lipinski definition) is 0. The van der Waals surface area contributed by atoms with Gasteiger partial charge in [-0.25, -0.2) is 4.39 Å². The summed E-state index contributed by atoms with van der Waals surface area (Å²) in [6, 6.07) is 15.3. The maximum atomic E-state index is 13.2. The number of carbonyl (C=O) groups is 1. The van der Waals surface area contributed by atoms with Gasteiger partial charge in [-0.05, 0) is 60.9 Å². The zero-order valence-corrected chi connectivity index (χ0v) is 17.2. The summed E-state index contributed by atoms with van der Waals surface area (Å²) in [5.74, 6) is 0.530. The summed E-state index contributed by atoms with van der Waals surface area (Å²) >= 11 is 1.25. The van der Waals surface area contributed by atoms with Gasteiger partial charge in [0.25, 0.3) is 11.1 Å². The number of nitrogens with zero attached hydrogens (tertiary/aromatic N) is 3. The number of benzene rings is 2. The van der Waals surface area contributed by atoms with Crippen molar-refractivity contribution in [3.63, 3.8) is 0 Å². The van der Waals surface area contributed by atoms with Crippen molar-refractivity contribution >= 4 is 17.7 Å². The molecule has 1 fully saturated rings. The minimum atomic E-state index is -0.449. The van der Waals surface area contributed by atoms with E-state index >= 15 is 0 Å². The third-order valence-corrected chi connectivity index (χ3v) is 5.91. The summed E-state index contributed by atoms with van der Waals surface area (Å²) in [5.41, 5.74) is 0.903. The summed E-state index contributed by atoms with van der Waals surface area (Å²) < 4.78 is 24.2. The largest absolute Gasteiger partial charge is 0.484 e. The molecule has 30 heavy (non-hydrogen) atoms. The van der Waals surface area contributed by atoms with Crippen LogP contribution in [0.2, 0.25) is 0 Å². The van der Waals surface area contributed by atoms with Crippen LogP contribution in [-0.2, 0) is 11.4 Å². The molecule has 2 heterocycles. The van der Waals surface area contributed by atoms with E-state index < -0.39 is 5.25 Å². The van der Waals surface area contributed by atoms with Gasteiger partial charge in [-0.2, -0.15) is 0 Å². The average molecular weight is 428 g/mol. The van der Waals surface area contributed by atoms with Gasteiger partial charge in [0, 0.05) is 13.1 Å². The Labute approximate surface area is 178 Å². The molecule has 6 nitrogen and oxygen atoms in total. The van der Waals surface area contributed by atoms with Gasteiger partial charge in [0.2, 0.25) is 5.91 Å². The van der Waals surface area contributed by atoms with Crippen molar-refractivity contribution in [1.82, 2.24) is 15.1 Å². The lowest BCUT2D eigenvalue weighted by atomic mass is 10.1. The van der Waals surface area contributed by atoms with Crippen molar-refractivity contribution in [2.24, 2.45) is 0 Å². The van der Waals surface area contributed by atoms with E-state index in [1.807, 2.05) is 35.2 Å². The Morgan fingerprint density at radius 2 is 1.80 bits per heavy atom. The molecular weight excluding hydrogens is 405 g/mol. The van der Waals surface area contributed by atoms with Crippen molar-refractivity contribution in [2.45, 2.75) is 36.3 Å². The molecule has 2 aromatic carbocycles. The molecule has 1 amide bonds. The number of hydrogen-bond acceptors (Lipinski definition) is 6. The first-order chi connectivity index (χ1) is 14.7. The number of amides is 1. The highest BCUT2D eigenvalue weighted by atomic mass is 32.2. The van der Waals surface area contributed by atoms with Gasteiger partial charge in [-0.3, -0.25) is 4.79 Å². The molecule has 1 saturated heterocycles. The number of piperidine rings is 1. The van der Waals surface area contributed by atoms with Crippen molar-refractivity contribution in [3.05, 3.63) is 71.9 Å². The van der Waals surface area contributed by atoms with Crippen LogP contribution in [0.1, 0.15) is 36.0 Å². The number of carbonyl (C=O) groups excluding carboxylic acids is 1. The topological polar surface area (TPSA) is 68.5 Å². The number of ether oxygens (including phenoxy) is 1. The molecule has 0 saturated carbocycles. The first kappa shape index (κ1) is 20.4. The SMILES string of the molecule is O=C([C@H](Sc1nnc(COc2ccc(F)cc2)o1)c1ccccc1)N1CCCCC1. The second kappa shape index (κ2) is 9.75. The minimum Gasteiger partial charge on any atom is -0.484 e. The highest BCUT2D eigenvalue weighted by Crippen LogP contribution is 2.36. The average Bonchev–Trinajstić information content (AvgIpc) is 3.25. The fraction of sp³-hybridized carbons (Fsp3) is 0.318. The number of thioether (sulfide) groups is 1. The lowest BCUT2D eigenvalue weighted by molar-refractivity contribution is -0.131. The highest BCUT2D eigenvalue weighted by molar-refractivity contribution is 8.00. The lowest BCUT2D eigenvalue weighted by Gasteiger charge is -2.29. The quantitative estimate of drug-likeness (QED) is 0.512. The van der Waals surface area contributed by atoms with Crippen molar-refractivity contribution in [2.75, 3.05) is 13.1 Å². The van der Waals surface area contributed by atoms with Gasteiger partial charge in [0.05, 0.1) is 0 Å². The summed E-state index contributed by atoms with van der Waals surface area (Å²) in [4.78, 5) is 15.1. The molecule has 156 valence electrons. The lowest BCUT2D eigenvalue weighted by Crippen LogP contribution is -2.38. The fourth-order valence-electron chi connectivity index (χ4n) is 3.29. The number of likely N-dealkylation sites (tertiary alicyclic amines) is 1. The summed E-state index contributed by atoms with van der Waals surface area (Å²) in [5, 5.41) is 7.94. The standard InChI is InChI=1S/C22H22FN3O3S/c23-17-9-11-18(12-10-17)28-15-19-24-25-22(29-19)30-20(16-7-3-1-4-8-16)21(27)26-13-5-2-6-14-26/h1,3-4,7-12,20H,2,5-6,13-15H2/t20-/m1/s1. The van der Waals surface area contributed by atoms with E-state index in [9.17, 15) is 9.18 Å². The summed E-state index contributed by atoms with van der Waals surface area (Å²) in [7, 11) is 0. The van der Waals surface area contributed by atoms with Crippen molar-refractivity contribution in [3.8, 4) is 5.75 Å². The summed E-state index contributed by atoms with van der Waals surface area (Å²) in [6.07, 6.45) is 3.22. The third-order valence-electron chi connectivity index (χ3n) is 4.84. The van der Waals surface area contributed by atoms with Crippen LogP contribution in [0.4, 0.5) is 4.39 Å². The van der Waals surface area contributed by atoms with Crippen LogP contribution >= 0.6 is 11.8 Å². The van der Waals surface area contributed by atoms with Crippen LogP contribution in [0.15, 0.2) is 64.2 Å². The van der Waals surface area contributed by atoms with Gasteiger partial charge in [0.15, 0.2) is 6.61 Å². The van der Waals surface area contributed by atoms with Crippen LogP contribution in [0.25, 0.3) is 0 Å². The van der Waals surface area contributed by atoms with Crippen LogP contribution in [-0.4, -0.2) is 34.1 Å². The molecule has 4 rings (SSSR count). The molecule has 0 unspecified atom stereocenters. The van der Waals surface area contributed by atoms with E-state index in [0.29, 0.717) is 16.9 Å². The molecule has 0 bridgehead atoms. The van der Waals surface area contributed by atoms with E-state index in [1.54, 1.807) is 0 Å². The molecule has 1 atom stereocenters. The second-order valence-electron chi connectivity index (χ2n) is 7.00. The van der Waals surface area contributed by atoms with Crippen molar-refractivity contribution in [1.29, 1.82) is 0 Å². The van der Waals surface area contributed by atoms with E-state index in [1.165, 1.54) is 36.0 Å². The predicted octanol–water partition coefficient (Wildman–Crippen LogP) is 4.63. The first-order valence-corrected chi connectivity index (χ1v) is 10.8. The smallest absolute Gasteiger partial charge is 0.277 e. The Morgan fingerprint density at radius 3 is 2.53 bits per heavy atom. The van der Waals surface area contributed by atoms with Crippen LogP contribution in [0, 0.1) is 5.82 Å². The molecule has 0 radical (unpaired) electrons. The molecular formula is C22H22FN3O3S. The number of aromatic nitrogens is 2. The summed E-state index contributed by atoms with van der Waals surface area (Å²) in [6.45, 7) is 1.63. The first-order valence-electron chi connectivity index (χ1n) is 9.90. The zero-order valence-electron chi connectivity index (χ0n) is 16.4. The molecule has 0 aliphatic carbocycles. The molecule has 8 heteroatoms. The monoisotopic (exact) mass is 427 g/mol.